The van der Waals surface area contributed by atoms with E-state index in [0.29, 0.717) is 16.5 Å². The average molecular weight is 464 g/mol. The highest BCUT2D eigenvalue weighted by atomic mass is 32.1. The van der Waals surface area contributed by atoms with E-state index in [1.54, 1.807) is 0 Å². The molecule has 33 heavy (non-hydrogen) atoms. The molecule has 170 valence electrons. The summed E-state index contributed by atoms with van der Waals surface area (Å²) >= 11 is 1.44. The Balaban J connectivity index is 1.39. The molecule has 0 spiro atoms. The summed E-state index contributed by atoms with van der Waals surface area (Å²) in [6.07, 6.45) is 2.60. The maximum absolute atomic E-state index is 13.0. The number of carbonyl (C=O) groups excluding carboxylic acids is 3. The second kappa shape index (κ2) is 8.51. The molecular weight excluding hydrogens is 438 g/mol. The van der Waals surface area contributed by atoms with Crippen LogP contribution in [0, 0.1) is 5.92 Å². The average Bonchev–Trinajstić information content (AvgIpc) is 3.07. The molecule has 0 bridgehead atoms. The largest absolute Gasteiger partial charge is 0.465 e. The van der Waals surface area contributed by atoms with E-state index < -0.39 is 12.0 Å². The first-order chi connectivity index (χ1) is 15.9. The highest BCUT2D eigenvalue weighted by molar-refractivity contribution is 7.17. The summed E-state index contributed by atoms with van der Waals surface area (Å²) in [5.74, 6) is -0.517. The molecule has 5 rings (SSSR count). The van der Waals surface area contributed by atoms with Gasteiger partial charge in [-0.3, -0.25) is 9.59 Å². The fraction of sp³-hybridized carbons (Fsp3) is 0.320. The zero-order chi connectivity index (χ0) is 23.1. The van der Waals surface area contributed by atoms with E-state index in [1.165, 1.54) is 18.4 Å². The number of ether oxygens (including phenoxy) is 1. The Bertz CT molecular complexity index is 1280. The number of anilines is 3. The molecule has 3 aromatic rings. The Hall–Kier alpha value is -3.39. The highest BCUT2D eigenvalue weighted by Crippen LogP contribution is 2.40. The monoisotopic (exact) mass is 463 g/mol. The first kappa shape index (κ1) is 21.5. The van der Waals surface area contributed by atoms with Gasteiger partial charge in [-0.2, -0.15) is 0 Å². The van der Waals surface area contributed by atoms with Crippen LogP contribution in [0.1, 0.15) is 40.6 Å². The van der Waals surface area contributed by atoms with Gasteiger partial charge in [-0.1, -0.05) is 31.2 Å². The van der Waals surface area contributed by atoms with Crippen LogP contribution < -0.4 is 16.0 Å². The Morgan fingerprint density at radius 2 is 1.94 bits per heavy atom. The Labute approximate surface area is 195 Å². The second-order valence-corrected chi connectivity index (χ2v) is 9.80. The van der Waals surface area contributed by atoms with Gasteiger partial charge < -0.3 is 20.7 Å². The molecule has 2 heterocycles. The van der Waals surface area contributed by atoms with Crippen LogP contribution in [0.4, 0.5) is 16.4 Å². The lowest BCUT2D eigenvalue weighted by atomic mass is 9.88. The van der Waals surface area contributed by atoms with Crippen molar-refractivity contribution in [2.24, 2.45) is 5.92 Å². The number of carbonyl (C=O) groups is 3. The van der Waals surface area contributed by atoms with Gasteiger partial charge in [0.1, 0.15) is 11.0 Å². The quantitative estimate of drug-likeness (QED) is 0.493. The molecule has 0 radical (unpaired) electrons. The van der Waals surface area contributed by atoms with Gasteiger partial charge in [0, 0.05) is 16.0 Å². The van der Waals surface area contributed by atoms with E-state index in [4.69, 9.17) is 4.74 Å². The van der Waals surface area contributed by atoms with Crippen LogP contribution in [-0.4, -0.2) is 30.9 Å². The first-order valence-electron chi connectivity index (χ1n) is 11.1. The lowest BCUT2D eigenvalue weighted by Crippen LogP contribution is -2.36. The Morgan fingerprint density at radius 3 is 2.70 bits per heavy atom. The predicted octanol–water partition coefficient (Wildman–Crippen LogP) is 4.57. The first-order valence-corrected chi connectivity index (χ1v) is 11.9. The van der Waals surface area contributed by atoms with E-state index in [1.807, 2.05) is 36.4 Å². The van der Waals surface area contributed by atoms with Gasteiger partial charge in [0.05, 0.1) is 24.8 Å². The summed E-state index contributed by atoms with van der Waals surface area (Å²) in [5, 5.41) is 11.5. The molecule has 0 saturated heterocycles. The van der Waals surface area contributed by atoms with Crippen LogP contribution in [0.5, 0.6) is 0 Å². The fourth-order valence-electron chi connectivity index (χ4n) is 4.70. The molecule has 3 N–H and O–H groups in total. The summed E-state index contributed by atoms with van der Waals surface area (Å²) < 4.78 is 5.00. The number of methoxy groups -OCH3 is 1. The summed E-state index contributed by atoms with van der Waals surface area (Å²) in [6.45, 7) is 2.19. The van der Waals surface area contributed by atoms with E-state index in [9.17, 15) is 14.4 Å². The molecule has 1 aliphatic heterocycles. The molecule has 1 aromatic heterocycles. The molecule has 0 saturated carbocycles. The number of esters is 1. The lowest BCUT2D eigenvalue weighted by molar-refractivity contribution is -0.121. The second-order valence-electron chi connectivity index (χ2n) is 8.70. The van der Waals surface area contributed by atoms with Crippen LogP contribution in [0.15, 0.2) is 36.4 Å². The molecule has 2 amide bonds. The van der Waals surface area contributed by atoms with Crippen molar-refractivity contribution in [3.8, 4) is 0 Å². The zero-order valence-electron chi connectivity index (χ0n) is 18.5. The fourth-order valence-corrected chi connectivity index (χ4v) is 6.12. The highest BCUT2D eigenvalue weighted by Gasteiger charge is 2.31. The SMILES string of the molecule is COC(=O)c1c(NC(=O)C[C@H]2Nc3cccc4cccc(c34)NC2=O)sc2c1CC[C@H](C)C2. The molecular formula is C25H25N3O4S. The van der Waals surface area contributed by atoms with Crippen LogP contribution in [0.25, 0.3) is 10.8 Å². The summed E-state index contributed by atoms with van der Waals surface area (Å²) in [6, 6.07) is 10.8. The van der Waals surface area contributed by atoms with Crippen molar-refractivity contribution < 1.29 is 19.1 Å². The van der Waals surface area contributed by atoms with Gasteiger partial charge in [0.15, 0.2) is 0 Å². The van der Waals surface area contributed by atoms with Gasteiger partial charge >= 0.3 is 5.97 Å². The van der Waals surface area contributed by atoms with Crippen molar-refractivity contribution in [1.29, 1.82) is 0 Å². The van der Waals surface area contributed by atoms with Crippen molar-refractivity contribution in [2.45, 2.75) is 38.6 Å². The van der Waals surface area contributed by atoms with Crippen molar-refractivity contribution in [2.75, 3.05) is 23.1 Å². The third kappa shape index (κ3) is 3.95. The standard InChI is InChI=1S/C25H25N3O4S/c1-13-9-10-15-19(11-13)33-24(22(15)25(31)32-2)28-20(29)12-18-23(30)27-17-8-4-6-14-5-3-7-16(26-18)21(14)17/h3-8,13,18,26H,9-12H2,1-2H3,(H,27,30)(H,28,29)/t13-,18+/m0/s1. The third-order valence-electron chi connectivity index (χ3n) is 6.35. The number of rotatable bonds is 4. The molecule has 2 aromatic carbocycles. The number of fused-ring (bicyclic) bond motifs is 1. The molecule has 0 unspecified atom stereocenters. The smallest absolute Gasteiger partial charge is 0.341 e. The number of benzene rings is 2. The summed E-state index contributed by atoms with van der Waals surface area (Å²) in [5.41, 5.74) is 2.95. The number of nitrogens with one attached hydrogen (secondary N) is 3. The topological polar surface area (TPSA) is 96.5 Å². The van der Waals surface area contributed by atoms with E-state index in [2.05, 4.69) is 22.9 Å². The minimum absolute atomic E-state index is 0.0736. The lowest BCUT2D eigenvalue weighted by Gasteiger charge is -2.18. The summed E-state index contributed by atoms with van der Waals surface area (Å²) in [7, 11) is 1.35. The number of hydrogen-bond donors (Lipinski definition) is 3. The van der Waals surface area contributed by atoms with Crippen LogP contribution >= 0.6 is 11.3 Å². The third-order valence-corrected chi connectivity index (χ3v) is 7.52. The van der Waals surface area contributed by atoms with Gasteiger partial charge in [-0.15, -0.1) is 11.3 Å². The van der Waals surface area contributed by atoms with E-state index in [0.717, 1.165) is 51.9 Å². The van der Waals surface area contributed by atoms with Crippen LogP contribution in [-0.2, 0) is 27.2 Å². The van der Waals surface area contributed by atoms with Crippen molar-refractivity contribution in [3.63, 3.8) is 0 Å². The van der Waals surface area contributed by atoms with Crippen molar-refractivity contribution in [3.05, 3.63) is 52.4 Å². The van der Waals surface area contributed by atoms with Crippen molar-refractivity contribution >= 4 is 56.3 Å². The molecule has 2 atom stereocenters. The van der Waals surface area contributed by atoms with E-state index in [-0.39, 0.29) is 18.2 Å². The van der Waals surface area contributed by atoms with Gasteiger partial charge in [0.2, 0.25) is 11.8 Å². The Kier molecular flexibility index (Phi) is 5.54. The molecule has 7 nitrogen and oxygen atoms in total. The van der Waals surface area contributed by atoms with Crippen LogP contribution in [0.3, 0.4) is 0 Å². The van der Waals surface area contributed by atoms with Crippen molar-refractivity contribution in [1.82, 2.24) is 0 Å². The van der Waals surface area contributed by atoms with E-state index >= 15 is 0 Å². The number of amides is 2. The van der Waals surface area contributed by atoms with Gasteiger partial charge in [0.25, 0.3) is 0 Å². The van der Waals surface area contributed by atoms with Gasteiger partial charge in [-0.05, 0) is 48.3 Å². The normalized spacial score (nSPS) is 19.2. The zero-order valence-corrected chi connectivity index (χ0v) is 19.3. The number of thiophene rings is 1. The maximum atomic E-state index is 13.0. The minimum Gasteiger partial charge on any atom is -0.465 e. The summed E-state index contributed by atoms with van der Waals surface area (Å²) in [4.78, 5) is 39.5. The van der Waals surface area contributed by atoms with Crippen LogP contribution in [0.2, 0.25) is 0 Å². The minimum atomic E-state index is -0.751. The Morgan fingerprint density at radius 1 is 1.18 bits per heavy atom. The predicted molar refractivity (Wildman–Crippen MR) is 130 cm³/mol. The molecule has 0 fully saturated rings. The molecule has 8 heteroatoms. The number of hydrogen-bond acceptors (Lipinski definition) is 6. The molecule has 2 aliphatic rings. The maximum Gasteiger partial charge on any atom is 0.341 e. The van der Waals surface area contributed by atoms with Gasteiger partial charge in [-0.25, -0.2) is 4.79 Å². The molecule has 1 aliphatic carbocycles.